The van der Waals surface area contributed by atoms with E-state index in [1.807, 2.05) is 12.1 Å². The number of hydrogen-bond acceptors (Lipinski definition) is 1. The molecular weight excluding hydrogens is 333 g/mol. The van der Waals surface area contributed by atoms with E-state index in [9.17, 15) is 13.2 Å². The SMILES string of the molecule is COc1ccc(CC(Br)c2cc(F)c(F)cc2F)cc1. The number of halogens is 4. The van der Waals surface area contributed by atoms with E-state index in [0.717, 1.165) is 17.4 Å². The maximum atomic E-state index is 13.6. The van der Waals surface area contributed by atoms with Crippen LogP contribution in [0.5, 0.6) is 5.75 Å². The standard InChI is InChI=1S/C15H12BrF3O/c1-20-10-4-2-9(3-5-10)6-12(16)11-7-14(18)15(19)8-13(11)17/h2-5,7-8,12H,6H2,1H3. The highest BCUT2D eigenvalue weighted by atomic mass is 79.9. The molecule has 0 spiro atoms. The van der Waals surface area contributed by atoms with Gasteiger partial charge in [0.25, 0.3) is 0 Å². The van der Waals surface area contributed by atoms with Crippen molar-refractivity contribution >= 4 is 15.9 Å². The Morgan fingerprint density at radius 1 is 1.00 bits per heavy atom. The molecule has 0 fully saturated rings. The molecule has 0 N–H and O–H groups in total. The van der Waals surface area contributed by atoms with Crippen molar-refractivity contribution in [2.45, 2.75) is 11.2 Å². The molecule has 0 amide bonds. The van der Waals surface area contributed by atoms with Crippen LogP contribution in [0.25, 0.3) is 0 Å². The molecule has 1 atom stereocenters. The maximum Gasteiger partial charge on any atom is 0.161 e. The van der Waals surface area contributed by atoms with Gasteiger partial charge in [-0.1, -0.05) is 28.1 Å². The summed E-state index contributed by atoms with van der Waals surface area (Å²) in [4.78, 5) is -0.439. The normalized spacial score (nSPS) is 12.2. The van der Waals surface area contributed by atoms with Gasteiger partial charge < -0.3 is 4.74 Å². The van der Waals surface area contributed by atoms with E-state index >= 15 is 0 Å². The molecule has 1 nitrogen and oxygen atoms in total. The van der Waals surface area contributed by atoms with Crippen LogP contribution in [0.2, 0.25) is 0 Å². The zero-order chi connectivity index (χ0) is 14.7. The number of hydrogen-bond donors (Lipinski definition) is 0. The first-order chi connectivity index (χ1) is 9.51. The Balaban J connectivity index is 2.18. The van der Waals surface area contributed by atoms with Gasteiger partial charge in [-0.15, -0.1) is 0 Å². The van der Waals surface area contributed by atoms with Gasteiger partial charge in [0.05, 0.1) is 7.11 Å². The lowest BCUT2D eigenvalue weighted by Crippen LogP contribution is -2.01. The van der Waals surface area contributed by atoms with Crippen molar-refractivity contribution in [2.24, 2.45) is 0 Å². The number of alkyl halides is 1. The summed E-state index contributed by atoms with van der Waals surface area (Å²) in [5.41, 5.74) is 1.02. The summed E-state index contributed by atoms with van der Waals surface area (Å²) in [6.45, 7) is 0. The molecule has 0 aromatic heterocycles. The quantitative estimate of drug-likeness (QED) is 0.572. The van der Waals surface area contributed by atoms with E-state index in [2.05, 4.69) is 15.9 Å². The average Bonchev–Trinajstić information content (AvgIpc) is 2.43. The first-order valence-electron chi connectivity index (χ1n) is 5.92. The van der Waals surface area contributed by atoms with Crippen LogP contribution in [0.4, 0.5) is 13.2 Å². The van der Waals surface area contributed by atoms with Crippen LogP contribution in [-0.2, 0) is 6.42 Å². The zero-order valence-corrected chi connectivity index (χ0v) is 12.3. The molecule has 0 aliphatic heterocycles. The second-order valence-electron chi connectivity index (χ2n) is 4.31. The molecule has 1 unspecified atom stereocenters. The second-order valence-corrected chi connectivity index (χ2v) is 5.41. The van der Waals surface area contributed by atoms with Gasteiger partial charge in [-0.05, 0) is 30.2 Å². The highest BCUT2D eigenvalue weighted by Gasteiger charge is 2.17. The molecule has 0 bridgehead atoms. The summed E-state index contributed by atoms with van der Waals surface area (Å²) in [5, 5.41) is 0. The first kappa shape index (κ1) is 14.9. The third kappa shape index (κ3) is 3.33. The molecule has 2 rings (SSSR count). The molecule has 0 saturated heterocycles. The van der Waals surface area contributed by atoms with Gasteiger partial charge in [0.15, 0.2) is 11.6 Å². The molecule has 2 aromatic rings. The van der Waals surface area contributed by atoms with Crippen LogP contribution in [0.3, 0.4) is 0 Å². The highest BCUT2D eigenvalue weighted by molar-refractivity contribution is 9.09. The van der Waals surface area contributed by atoms with Crippen LogP contribution in [0.1, 0.15) is 16.0 Å². The van der Waals surface area contributed by atoms with Crippen molar-refractivity contribution < 1.29 is 17.9 Å². The van der Waals surface area contributed by atoms with Gasteiger partial charge in [0, 0.05) is 16.5 Å². The van der Waals surface area contributed by atoms with E-state index in [1.54, 1.807) is 19.2 Å². The number of benzene rings is 2. The topological polar surface area (TPSA) is 9.23 Å². The summed E-state index contributed by atoms with van der Waals surface area (Å²) in [6, 6.07) is 8.70. The second kappa shape index (κ2) is 6.31. The summed E-state index contributed by atoms with van der Waals surface area (Å²) in [7, 11) is 1.57. The lowest BCUT2D eigenvalue weighted by Gasteiger charge is -2.12. The van der Waals surface area contributed by atoms with Crippen LogP contribution in [-0.4, -0.2) is 7.11 Å². The van der Waals surface area contributed by atoms with Crippen LogP contribution < -0.4 is 4.74 Å². The van der Waals surface area contributed by atoms with Crippen molar-refractivity contribution in [1.82, 2.24) is 0 Å². The third-order valence-electron chi connectivity index (χ3n) is 2.95. The Hall–Kier alpha value is -1.49. The Morgan fingerprint density at radius 3 is 2.20 bits per heavy atom. The van der Waals surface area contributed by atoms with E-state index in [0.29, 0.717) is 12.5 Å². The summed E-state index contributed by atoms with van der Waals surface area (Å²) < 4.78 is 44.8. The largest absolute Gasteiger partial charge is 0.497 e. The minimum Gasteiger partial charge on any atom is -0.497 e. The molecular formula is C15H12BrF3O. The van der Waals surface area contributed by atoms with Crippen molar-refractivity contribution in [3.05, 3.63) is 65.0 Å². The minimum atomic E-state index is -1.18. The van der Waals surface area contributed by atoms with Gasteiger partial charge in [-0.3, -0.25) is 0 Å². The zero-order valence-electron chi connectivity index (χ0n) is 10.7. The number of methoxy groups -OCH3 is 1. The molecule has 0 aliphatic rings. The van der Waals surface area contributed by atoms with Crippen LogP contribution >= 0.6 is 15.9 Å². The minimum absolute atomic E-state index is 0.0970. The fraction of sp³-hybridized carbons (Fsp3) is 0.200. The Labute approximate surface area is 123 Å². The maximum absolute atomic E-state index is 13.6. The molecule has 5 heteroatoms. The smallest absolute Gasteiger partial charge is 0.161 e. The molecule has 0 aliphatic carbocycles. The van der Waals surface area contributed by atoms with E-state index in [1.165, 1.54) is 0 Å². The molecule has 0 saturated carbocycles. The van der Waals surface area contributed by atoms with E-state index in [-0.39, 0.29) is 5.56 Å². The monoisotopic (exact) mass is 344 g/mol. The van der Waals surface area contributed by atoms with Crippen molar-refractivity contribution in [3.63, 3.8) is 0 Å². The van der Waals surface area contributed by atoms with Gasteiger partial charge in [-0.2, -0.15) is 0 Å². The summed E-state index contributed by atoms with van der Waals surface area (Å²) in [5.74, 6) is -2.28. The van der Waals surface area contributed by atoms with Gasteiger partial charge in [-0.25, -0.2) is 13.2 Å². The lowest BCUT2D eigenvalue weighted by atomic mass is 10.0. The number of rotatable bonds is 4. The summed E-state index contributed by atoms with van der Waals surface area (Å²) >= 11 is 3.31. The number of ether oxygens (including phenoxy) is 1. The molecule has 106 valence electrons. The van der Waals surface area contributed by atoms with Gasteiger partial charge in [0.1, 0.15) is 11.6 Å². The Bertz CT molecular complexity index is 599. The summed E-state index contributed by atoms with van der Waals surface area (Å²) in [6.07, 6.45) is 0.450. The predicted octanol–water partition coefficient (Wildman–Crippen LogP) is 4.79. The molecule has 20 heavy (non-hydrogen) atoms. The lowest BCUT2D eigenvalue weighted by molar-refractivity contribution is 0.414. The fourth-order valence-electron chi connectivity index (χ4n) is 1.86. The van der Waals surface area contributed by atoms with E-state index in [4.69, 9.17) is 4.74 Å². The molecule has 0 radical (unpaired) electrons. The van der Waals surface area contributed by atoms with Crippen molar-refractivity contribution in [1.29, 1.82) is 0 Å². The Kier molecular flexibility index (Phi) is 4.70. The van der Waals surface area contributed by atoms with Crippen molar-refractivity contribution in [2.75, 3.05) is 7.11 Å². The average molecular weight is 345 g/mol. The van der Waals surface area contributed by atoms with Gasteiger partial charge in [0.2, 0.25) is 0 Å². The molecule has 0 heterocycles. The highest BCUT2D eigenvalue weighted by Crippen LogP contribution is 2.30. The van der Waals surface area contributed by atoms with Crippen molar-refractivity contribution in [3.8, 4) is 5.75 Å². The third-order valence-corrected chi connectivity index (χ3v) is 3.77. The Morgan fingerprint density at radius 2 is 1.60 bits per heavy atom. The van der Waals surface area contributed by atoms with Gasteiger partial charge >= 0.3 is 0 Å². The first-order valence-corrected chi connectivity index (χ1v) is 6.84. The van der Waals surface area contributed by atoms with Crippen LogP contribution in [0, 0.1) is 17.5 Å². The van der Waals surface area contributed by atoms with Crippen LogP contribution in [0.15, 0.2) is 36.4 Å². The fourth-order valence-corrected chi connectivity index (χ4v) is 2.58. The predicted molar refractivity (Wildman–Crippen MR) is 74.7 cm³/mol. The molecule has 2 aromatic carbocycles. The van der Waals surface area contributed by atoms with E-state index < -0.39 is 22.3 Å².